The van der Waals surface area contributed by atoms with E-state index in [2.05, 4.69) is 31.0 Å². The van der Waals surface area contributed by atoms with Gasteiger partial charge in [0.2, 0.25) is 0 Å². The van der Waals surface area contributed by atoms with Gasteiger partial charge in [0.25, 0.3) is 5.91 Å². The number of carbonyl (C=O) groups is 1. The van der Waals surface area contributed by atoms with Crippen LogP contribution in [0.25, 0.3) is 0 Å². The second kappa shape index (κ2) is 11.5. The van der Waals surface area contributed by atoms with E-state index >= 15 is 0 Å². The maximum absolute atomic E-state index is 12.7. The van der Waals surface area contributed by atoms with Crippen LogP contribution in [0, 0.1) is 5.41 Å². The number of hydrogen-bond acceptors (Lipinski definition) is 5. The van der Waals surface area contributed by atoms with Crippen LogP contribution in [0.15, 0.2) is 30.3 Å². The van der Waals surface area contributed by atoms with Crippen molar-refractivity contribution in [1.29, 1.82) is 0 Å². The number of ether oxygens (including phenoxy) is 2. The van der Waals surface area contributed by atoms with Gasteiger partial charge < -0.3 is 24.8 Å². The van der Waals surface area contributed by atoms with E-state index < -0.39 is 0 Å². The highest BCUT2D eigenvalue weighted by Crippen LogP contribution is 2.45. The number of unbranched alkanes of at least 4 members (excludes halogenated alkanes) is 3. The zero-order valence-electron chi connectivity index (χ0n) is 21.4. The summed E-state index contributed by atoms with van der Waals surface area (Å²) >= 11 is 0. The fraction of sp³-hybridized carbons (Fsp3) is 0.536. The molecule has 1 aliphatic heterocycles. The zero-order valence-corrected chi connectivity index (χ0v) is 21.4. The zero-order chi connectivity index (χ0) is 24.7. The number of amides is 1. The highest BCUT2D eigenvalue weighted by atomic mass is 16.5. The van der Waals surface area contributed by atoms with Crippen molar-refractivity contribution in [2.75, 3.05) is 38.8 Å². The van der Waals surface area contributed by atoms with Crippen LogP contribution in [-0.4, -0.2) is 44.9 Å². The summed E-state index contributed by atoms with van der Waals surface area (Å²) in [5, 5.41) is 13.0. The minimum absolute atomic E-state index is 0.00818. The maximum Gasteiger partial charge on any atom is 0.255 e. The fourth-order valence-electron chi connectivity index (χ4n) is 4.80. The third kappa shape index (κ3) is 5.96. The summed E-state index contributed by atoms with van der Waals surface area (Å²) in [4.78, 5) is 15.1. The molecule has 0 radical (unpaired) electrons. The van der Waals surface area contributed by atoms with E-state index in [1.807, 2.05) is 6.07 Å². The van der Waals surface area contributed by atoms with Crippen LogP contribution in [0.5, 0.6) is 17.2 Å². The molecule has 34 heavy (non-hydrogen) atoms. The van der Waals surface area contributed by atoms with Crippen molar-refractivity contribution in [3.63, 3.8) is 0 Å². The summed E-state index contributed by atoms with van der Waals surface area (Å²) < 4.78 is 11.6. The Kier molecular flexibility index (Phi) is 8.70. The molecule has 0 unspecified atom stereocenters. The third-order valence-corrected chi connectivity index (χ3v) is 6.63. The first-order chi connectivity index (χ1) is 16.3. The lowest BCUT2D eigenvalue weighted by molar-refractivity contribution is 0.0933. The minimum Gasteiger partial charge on any atom is -0.507 e. The van der Waals surface area contributed by atoms with Gasteiger partial charge in [0.15, 0.2) is 0 Å². The lowest BCUT2D eigenvalue weighted by atomic mass is 9.83. The largest absolute Gasteiger partial charge is 0.507 e. The van der Waals surface area contributed by atoms with Crippen molar-refractivity contribution in [2.45, 2.75) is 59.3 Å². The van der Waals surface area contributed by atoms with Gasteiger partial charge in [0.1, 0.15) is 17.2 Å². The quantitative estimate of drug-likeness (QED) is 0.411. The summed E-state index contributed by atoms with van der Waals surface area (Å²) in [5.41, 5.74) is 3.73. The molecule has 0 saturated carbocycles. The molecule has 1 amide bonds. The number of aromatic hydroxyl groups is 1. The maximum atomic E-state index is 12.7. The second-order valence-electron chi connectivity index (χ2n) is 9.93. The third-order valence-electron chi connectivity index (χ3n) is 6.63. The van der Waals surface area contributed by atoms with Crippen LogP contribution in [0.3, 0.4) is 0 Å². The van der Waals surface area contributed by atoms with Crippen LogP contribution in [0.2, 0.25) is 0 Å². The van der Waals surface area contributed by atoms with Crippen molar-refractivity contribution in [1.82, 2.24) is 5.32 Å². The molecule has 2 N–H and O–H groups in total. The lowest BCUT2D eigenvalue weighted by Gasteiger charge is -2.30. The van der Waals surface area contributed by atoms with Crippen molar-refractivity contribution in [2.24, 2.45) is 5.41 Å². The molecule has 6 heteroatoms. The average molecular weight is 469 g/mol. The Hall–Kier alpha value is -2.89. The number of methoxy groups -OCH3 is 2. The highest BCUT2D eigenvalue weighted by molar-refractivity contribution is 5.96. The molecule has 2 aromatic carbocycles. The number of hydrogen-bond donors (Lipinski definition) is 2. The first-order valence-corrected chi connectivity index (χ1v) is 12.4. The standard InChI is InChI=1S/C28H40N2O4/c1-6-7-8-11-15-30-16-14-21-24(33-4)17-25(34-5)22(26(21)30)18-28(2,3)19-29-27(32)20-12-9-10-13-23(20)31/h9-10,12-13,17,31H,6-8,11,14-16,18-19H2,1-5H3,(H,29,32). The van der Waals surface area contributed by atoms with Crippen LogP contribution in [-0.2, 0) is 12.8 Å². The van der Waals surface area contributed by atoms with E-state index in [1.165, 1.54) is 48.6 Å². The second-order valence-corrected chi connectivity index (χ2v) is 9.93. The minimum atomic E-state index is -0.268. The summed E-state index contributed by atoms with van der Waals surface area (Å²) in [7, 11) is 3.43. The number of nitrogens with zero attached hydrogens (tertiary/aromatic N) is 1. The lowest BCUT2D eigenvalue weighted by Crippen LogP contribution is -2.35. The molecular formula is C28H40N2O4. The van der Waals surface area contributed by atoms with Crippen LogP contribution in [0.1, 0.15) is 67.9 Å². The molecule has 6 nitrogen and oxygen atoms in total. The number of nitrogens with one attached hydrogen (secondary N) is 1. The number of para-hydroxylation sites is 1. The van der Waals surface area contributed by atoms with Gasteiger partial charge in [-0.05, 0) is 36.8 Å². The molecule has 0 aromatic heterocycles. The summed E-state index contributed by atoms with van der Waals surface area (Å²) in [6, 6.07) is 8.63. The fourth-order valence-corrected chi connectivity index (χ4v) is 4.80. The number of phenolic OH excluding ortho intramolecular Hbond substituents is 1. The van der Waals surface area contributed by atoms with Gasteiger partial charge in [0.05, 0.1) is 25.5 Å². The molecule has 0 atom stereocenters. The van der Waals surface area contributed by atoms with Gasteiger partial charge in [-0.3, -0.25) is 4.79 Å². The molecule has 186 valence electrons. The molecule has 0 bridgehead atoms. The van der Waals surface area contributed by atoms with Gasteiger partial charge in [-0.25, -0.2) is 0 Å². The number of carbonyl (C=O) groups excluding carboxylic acids is 1. The van der Waals surface area contributed by atoms with Gasteiger partial charge in [-0.2, -0.15) is 0 Å². The molecule has 1 aliphatic rings. The molecule has 0 aliphatic carbocycles. The van der Waals surface area contributed by atoms with Gasteiger partial charge in [-0.15, -0.1) is 0 Å². The van der Waals surface area contributed by atoms with Crippen LogP contribution < -0.4 is 19.7 Å². The number of anilines is 1. The monoisotopic (exact) mass is 468 g/mol. The summed E-state index contributed by atoms with van der Waals surface area (Å²) in [6.07, 6.45) is 6.61. The van der Waals surface area contributed by atoms with Crippen LogP contribution >= 0.6 is 0 Å². The highest BCUT2D eigenvalue weighted by Gasteiger charge is 2.32. The molecule has 0 fully saturated rings. The first-order valence-electron chi connectivity index (χ1n) is 12.4. The number of rotatable bonds is 12. The number of benzene rings is 2. The topological polar surface area (TPSA) is 71.0 Å². The Labute approximate surface area is 204 Å². The Morgan fingerprint density at radius 2 is 1.85 bits per heavy atom. The number of fused-ring (bicyclic) bond motifs is 1. The Morgan fingerprint density at radius 3 is 2.53 bits per heavy atom. The smallest absolute Gasteiger partial charge is 0.255 e. The molecule has 0 saturated heterocycles. The summed E-state index contributed by atoms with van der Waals surface area (Å²) in [5.74, 6) is 1.44. The van der Waals surface area contributed by atoms with Crippen molar-refractivity contribution in [3.05, 3.63) is 47.0 Å². The molecule has 0 spiro atoms. The predicted molar refractivity (Wildman–Crippen MR) is 138 cm³/mol. The van der Waals surface area contributed by atoms with E-state index in [0.717, 1.165) is 37.4 Å². The van der Waals surface area contributed by atoms with E-state index in [1.54, 1.807) is 32.4 Å². The SMILES string of the molecule is CCCCCCN1CCc2c(OC)cc(OC)c(CC(C)(C)CNC(=O)c3ccccc3O)c21. The van der Waals surface area contributed by atoms with E-state index in [9.17, 15) is 9.90 Å². The van der Waals surface area contributed by atoms with Crippen molar-refractivity contribution >= 4 is 11.6 Å². The van der Waals surface area contributed by atoms with E-state index in [4.69, 9.17) is 9.47 Å². The van der Waals surface area contributed by atoms with Crippen molar-refractivity contribution < 1.29 is 19.4 Å². The predicted octanol–water partition coefficient (Wildman–Crippen LogP) is 5.35. The Balaban J connectivity index is 1.82. The normalized spacial score (nSPS) is 13.0. The van der Waals surface area contributed by atoms with Gasteiger partial charge >= 0.3 is 0 Å². The van der Waals surface area contributed by atoms with Crippen molar-refractivity contribution in [3.8, 4) is 17.2 Å². The Bertz CT molecular complexity index is 987. The summed E-state index contributed by atoms with van der Waals surface area (Å²) in [6.45, 7) is 9.02. The molecule has 1 heterocycles. The van der Waals surface area contributed by atoms with Gasteiger partial charge in [-0.1, -0.05) is 52.2 Å². The Morgan fingerprint density at radius 1 is 1.12 bits per heavy atom. The first kappa shape index (κ1) is 25.7. The van der Waals surface area contributed by atoms with E-state index in [0.29, 0.717) is 12.1 Å². The number of phenols is 1. The van der Waals surface area contributed by atoms with Gasteiger partial charge in [0, 0.05) is 36.8 Å². The van der Waals surface area contributed by atoms with Crippen LogP contribution in [0.4, 0.5) is 5.69 Å². The molecular weight excluding hydrogens is 428 g/mol. The average Bonchev–Trinajstić information content (AvgIpc) is 3.25. The van der Waals surface area contributed by atoms with E-state index in [-0.39, 0.29) is 17.1 Å². The molecule has 3 rings (SSSR count). The molecule has 2 aromatic rings.